The molecule has 194 valence electrons. The number of nitrogens with zero attached hydrogens (tertiary/aromatic N) is 4. The van der Waals surface area contributed by atoms with E-state index in [0.29, 0.717) is 41.3 Å². The molecule has 1 N–H and O–H groups in total. The Hall–Kier alpha value is -2.90. The first-order valence-corrected chi connectivity index (χ1v) is 14.4. The number of rotatable bonds is 9. The van der Waals surface area contributed by atoms with Gasteiger partial charge in [0.05, 0.1) is 34.5 Å². The van der Waals surface area contributed by atoms with Crippen LogP contribution >= 0.6 is 23.2 Å². The number of benzene rings is 2. The van der Waals surface area contributed by atoms with Crippen LogP contribution in [0.2, 0.25) is 5.02 Å². The number of alkyl halides is 1. The summed E-state index contributed by atoms with van der Waals surface area (Å²) in [5.74, 6) is 1.21. The van der Waals surface area contributed by atoms with Gasteiger partial charge in [-0.15, -0.1) is 11.6 Å². The van der Waals surface area contributed by atoms with Crippen LogP contribution in [-0.4, -0.2) is 56.3 Å². The van der Waals surface area contributed by atoms with Crippen molar-refractivity contribution in [1.29, 1.82) is 5.26 Å². The van der Waals surface area contributed by atoms with Gasteiger partial charge in [-0.05, 0) is 29.3 Å². The third kappa shape index (κ3) is 6.16. The second-order valence-electron chi connectivity index (χ2n) is 9.42. The number of halogens is 2. The van der Waals surface area contributed by atoms with E-state index >= 15 is 0 Å². The Balaban J connectivity index is 1.53. The first-order valence-electron chi connectivity index (χ1n) is 11.6. The summed E-state index contributed by atoms with van der Waals surface area (Å²) in [6, 6.07) is 15.6. The molecule has 0 bridgehead atoms. The molecule has 1 fully saturated rings. The predicted molar refractivity (Wildman–Crippen MR) is 146 cm³/mol. The molecule has 37 heavy (non-hydrogen) atoms. The monoisotopic (exact) mass is 559 g/mol. The van der Waals surface area contributed by atoms with Gasteiger partial charge in [0.15, 0.2) is 5.75 Å². The topological polar surface area (TPSA) is 108 Å². The number of ether oxygens (including phenoxy) is 1. The number of aromatic nitrogens is 2. The highest BCUT2D eigenvalue weighted by molar-refractivity contribution is 7.88. The zero-order valence-electron chi connectivity index (χ0n) is 20.7. The molecule has 4 rings (SSSR count). The van der Waals surface area contributed by atoms with Crippen LogP contribution in [0, 0.1) is 11.3 Å². The molecule has 0 spiro atoms. The summed E-state index contributed by atoms with van der Waals surface area (Å²) in [4.78, 5) is 11.0. The number of nitriles is 1. The van der Waals surface area contributed by atoms with Gasteiger partial charge in [0.25, 0.3) is 0 Å². The molecule has 8 nitrogen and oxygen atoms in total. The largest absolute Gasteiger partial charge is 0.489 e. The number of anilines is 1. The van der Waals surface area contributed by atoms with Crippen LogP contribution in [0.3, 0.4) is 0 Å². The summed E-state index contributed by atoms with van der Waals surface area (Å²) in [6.07, 6.45) is 2.85. The van der Waals surface area contributed by atoms with Crippen LogP contribution in [0.5, 0.6) is 5.75 Å². The fourth-order valence-corrected chi connectivity index (χ4v) is 5.34. The molecule has 1 saturated heterocycles. The first-order chi connectivity index (χ1) is 17.5. The van der Waals surface area contributed by atoms with Gasteiger partial charge in [-0.1, -0.05) is 49.7 Å². The lowest BCUT2D eigenvalue weighted by molar-refractivity contribution is 0.341. The van der Waals surface area contributed by atoms with E-state index in [1.807, 2.05) is 41.3 Å². The van der Waals surface area contributed by atoms with E-state index in [0.717, 1.165) is 28.6 Å². The summed E-state index contributed by atoms with van der Waals surface area (Å²) >= 11 is 12.2. The minimum absolute atomic E-state index is 0.139. The normalized spacial score (nSPS) is 14.2. The van der Waals surface area contributed by atoms with Crippen LogP contribution in [-0.2, 0) is 15.4 Å². The van der Waals surface area contributed by atoms with Gasteiger partial charge >= 0.3 is 0 Å². The molecule has 0 radical (unpaired) electrons. The Bertz CT molecular complexity index is 1430. The van der Waals surface area contributed by atoms with Crippen molar-refractivity contribution in [2.45, 2.75) is 25.3 Å². The lowest BCUT2D eigenvalue weighted by Crippen LogP contribution is -2.59. The molecule has 0 unspecified atom stereocenters. The summed E-state index contributed by atoms with van der Waals surface area (Å²) in [7, 11) is -3.24. The van der Waals surface area contributed by atoms with Crippen LogP contribution in [0.25, 0.3) is 11.3 Å². The fraction of sp³-hybridized carbons (Fsp3) is 0.346. The van der Waals surface area contributed by atoms with E-state index in [4.69, 9.17) is 27.9 Å². The van der Waals surface area contributed by atoms with E-state index in [1.165, 1.54) is 0 Å². The molecule has 0 saturated carbocycles. The maximum Gasteiger partial charge on any atom is 0.225 e. The van der Waals surface area contributed by atoms with E-state index in [2.05, 4.69) is 34.6 Å². The second kappa shape index (κ2) is 10.8. The van der Waals surface area contributed by atoms with Gasteiger partial charge in [0, 0.05) is 30.3 Å². The summed E-state index contributed by atoms with van der Waals surface area (Å²) in [5.41, 5.74) is 3.55. The number of nitrogens with one attached hydrogen (secondary N) is 1. The SMILES string of the molecule is CC(C)(c1ccc(-c2ccnc(N3CC(NS(C)(=O)=O)C3)n2)cc1)c1cc(Cl)c(OCCCl)c(C#N)c1. The molecule has 2 aromatic carbocycles. The van der Waals surface area contributed by atoms with Crippen LogP contribution in [0.4, 0.5) is 5.95 Å². The third-order valence-corrected chi connectivity index (χ3v) is 7.50. The summed E-state index contributed by atoms with van der Waals surface area (Å²) in [5, 5.41) is 10.0. The van der Waals surface area contributed by atoms with Crippen molar-refractivity contribution < 1.29 is 13.2 Å². The summed E-state index contributed by atoms with van der Waals surface area (Å²) < 4.78 is 31.0. The van der Waals surface area contributed by atoms with Gasteiger partial charge in [-0.25, -0.2) is 23.1 Å². The second-order valence-corrected chi connectivity index (χ2v) is 12.0. The smallest absolute Gasteiger partial charge is 0.225 e. The van der Waals surface area contributed by atoms with Crippen LogP contribution in [0.15, 0.2) is 48.7 Å². The lowest BCUT2D eigenvalue weighted by Gasteiger charge is -2.39. The van der Waals surface area contributed by atoms with Gasteiger partial charge in [0.1, 0.15) is 12.7 Å². The van der Waals surface area contributed by atoms with Crippen molar-refractivity contribution in [2.24, 2.45) is 0 Å². The lowest BCUT2D eigenvalue weighted by atomic mass is 9.77. The van der Waals surface area contributed by atoms with E-state index in [9.17, 15) is 13.7 Å². The molecule has 0 atom stereocenters. The van der Waals surface area contributed by atoms with Crippen LogP contribution < -0.4 is 14.4 Å². The van der Waals surface area contributed by atoms with Gasteiger partial charge in [0.2, 0.25) is 16.0 Å². The molecule has 11 heteroatoms. The molecule has 0 aliphatic carbocycles. The average Bonchev–Trinajstić information content (AvgIpc) is 2.84. The van der Waals surface area contributed by atoms with Crippen molar-refractivity contribution in [2.75, 3.05) is 36.7 Å². The summed E-state index contributed by atoms with van der Waals surface area (Å²) in [6.45, 7) is 5.45. The number of hydrogen-bond acceptors (Lipinski definition) is 7. The Morgan fingerprint density at radius 1 is 1.19 bits per heavy atom. The Labute approximate surface area is 227 Å². The molecule has 2 heterocycles. The predicted octanol–water partition coefficient (Wildman–Crippen LogP) is 4.35. The fourth-order valence-electron chi connectivity index (χ4n) is 4.23. The molecule has 1 aliphatic heterocycles. The number of hydrogen-bond donors (Lipinski definition) is 1. The zero-order valence-corrected chi connectivity index (χ0v) is 23.0. The third-order valence-electron chi connectivity index (χ3n) is 6.30. The van der Waals surface area contributed by atoms with Gasteiger partial charge in [-0.2, -0.15) is 5.26 Å². The average molecular weight is 561 g/mol. The minimum Gasteiger partial charge on any atom is -0.489 e. The molecular weight excluding hydrogens is 533 g/mol. The minimum atomic E-state index is -3.24. The number of sulfonamides is 1. The Morgan fingerprint density at radius 3 is 2.51 bits per heavy atom. The Kier molecular flexibility index (Phi) is 7.95. The standard InChI is InChI=1S/C26H27Cl2N5O3S/c1-26(2,20-12-18(14-29)24(22(28)13-20)36-11-9-27)19-6-4-17(5-7-19)23-8-10-30-25(31-23)33-15-21(16-33)32-37(3,34)35/h4-8,10,12-13,21,32H,9,11,15-16H2,1-3H3. The highest BCUT2D eigenvalue weighted by atomic mass is 35.5. The molecule has 3 aromatic rings. The van der Waals surface area contributed by atoms with Crippen molar-refractivity contribution >= 4 is 39.2 Å². The Morgan fingerprint density at radius 2 is 1.89 bits per heavy atom. The molecule has 1 aliphatic rings. The van der Waals surface area contributed by atoms with Crippen molar-refractivity contribution in [3.8, 4) is 23.1 Å². The van der Waals surface area contributed by atoms with E-state index in [-0.39, 0.29) is 12.6 Å². The highest BCUT2D eigenvalue weighted by Gasteiger charge is 2.31. The maximum atomic E-state index is 11.4. The molecular formula is C26H27Cl2N5O3S. The van der Waals surface area contributed by atoms with E-state index in [1.54, 1.807) is 12.3 Å². The van der Waals surface area contributed by atoms with Crippen molar-refractivity contribution in [3.05, 3.63) is 70.4 Å². The first kappa shape index (κ1) is 27.1. The maximum absolute atomic E-state index is 11.4. The van der Waals surface area contributed by atoms with Crippen molar-refractivity contribution in [3.63, 3.8) is 0 Å². The van der Waals surface area contributed by atoms with Gasteiger partial charge < -0.3 is 9.64 Å². The molecule has 0 amide bonds. The molecule has 1 aromatic heterocycles. The quantitative estimate of drug-likeness (QED) is 0.388. The van der Waals surface area contributed by atoms with E-state index < -0.39 is 15.4 Å². The highest BCUT2D eigenvalue weighted by Crippen LogP contribution is 2.38. The van der Waals surface area contributed by atoms with Crippen LogP contribution in [0.1, 0.15) is 30.5 Å². The zero-order chi connectivity index (χ0) is 26.8. The van der Waals surface area contributed by atoms with Crippen molar-refractivity contribution in [1.82, 2.24) is 14.7 Å². The van der Waals surface area contributed by atoms with Gasteiger partial charge in [-0.3, -0.25) is 0 Å².